The van der Waals surface area contributed by atoms with Crippen molar-refractivity contribution < 1.29 is 48.9 Å². The zero-order valence-corrected chi connectivity index (χ0v) is 10.8. The third-order valence-electron chi connectivity index (χ3n) is 1.65. The molecule has 0 amide bonds. The Labute approximate surface area is 108 Å². The van der Waals surface area contributed by atoms with Crippen LogP contribution in [-0.4, -0.2) is 74.6 Å². The van der Waals surface area contributed by atoms with Crippen molar-refractivity contribution in [3.63, 3.8) is 0 Å². The van der Waals surface area contributed by atoms with Gasteiger partial charge in [-0.05, 0) is 0 Å². The molecule has 0 bridgehead atoms. The molecule has 0 rings (SSSR count). The van der Waals surface area contributed by atoms with Crippen LogP contribution in [0.3, 0.4) is 0 Å². The molecule has 0 saturated carbocycles. The van der Waals surface area contributed by atoms with Crippen LogP contribution in [0.5, 0.6) is 0 Å². The number of hydrogen-bond acceptors (Lipinski definition) is 9. The lowest BCUT2D eigenvalue weighted by Crippen LogP contribution is -2.46. The number of aliphatic hydroxyl groups excluding tert-OH is 4. The average Bonchev–Trinajstić information content (AvgIpc) is 2.33. The lowest BCUT2D eigenvalue weighted by atomic mass is 10.0. The van der Waals surface area contributed by atoms with Crippen LogP contribution in [0.2, 0.25) is 0 Å². The maximum Gasteiger partial charge on any atom is 0.469 e. The topological polar surface area (TPSA) is 200 Å². The van der Waals surface area contributed by atoms with E-state index in [1.54, 1.807) is 0 Å². The van der Waals surface area contributed by atoms with Crippen LogP contribution in [0.15, 0.2) is 0 Å². The normalized spacial score (nSPS) is 17.7. The SMILES string of the molecule is CON.O=C[C@@H](O)[C@@H](O)[C@H](O)[C@H](O)COP(=O)(O)O. The van der Waals surface area contributed by atoms with Gasteiger partial charge in [-0.1, -0.05) is 0 Å². The summed E-state index contributed by atoms with van der Waals surface area (Å²) in [6, 6.07) is 0. The molecule has 0 aliphatic heterocycles. The van der Waals surface area contributed by atoms with Crippen molar-refractivity contribution >= 4 is 14.1 Å². The minimum absolute atomic E-state index is 0.0650. The Kier molecular flexibility index (Phi) is 11.3. The van der Waals surface area contributed by atoms with Gasteiger partial charge in [0.2, 0.25) is 0 Å². The van der Waals surface area contributed by atoms with E-state index in [1.807, 2.05) is 0 Å². The quantitative estimate of drug-likeness (QED) is 0.138. The summed E-state index contributed by atoms with van der Waals surface area (Å²) in [6.45, 7) is -0.964. The Bertz CT molecular complexity index is 283. The average molecular weight is 307 g/mol. The number of nitrogens with two attached hydrogens (primary N) is 1. The van der Waals surface area contributed by atoms with Crippen molar-refractivity contribution in [3.8, 4) is 0 Å². The summed E-state index contributed by atoms with van der Waals surface area (Å²) in [7, 11) is -3.40. The van der Waals surface area contributed by atoms with Gasteiger partial charge in [-0.25, -0.2) is 10.5 Å². The highest BCUT2D eigenvalue weighted by Gasteiger charge is 2.31. The van der Waals surface area contributed by atoms with Gasteiger partial charge < -0.3 is 39.8 Å². The second-order valence-electron chi connectivity index (χ2n) is 3.20. The van der Waals surface area contributed by atoms with Gasteiger partial charge in [-0.15, -0.1) is 0 Å². The highest BCUT2D eigenvalue weighted by atomic mass is 31.2. The zero-order valence-electron chi connectivity index (χ0n) is 9.93. The van der Waals surface area contributed by atoms with Crippen molar-refractivity contribution in [2.75, 3.05) is 13.7 Å². The number of aldehydes is 1. The van der Waals surface area contributed by atoms with Crippen LogP contribution >= 0.6 is 7.82 Å². The summed E-state index contributed by atoms with van der Waals surface area (Å²) in [5.74, 6) is 4.35. The third kappa shape index (κ3) is 11.1. The van der Waals surface area contributed by atoms with Crippen molar-refractivity contribution in [2.24, 2.45) is 5.90 Å². The molecule has 0 aromatic heterocycles. The summed E-state index contributed by atoms with van der Waals surface area (Å²) in [5.41, 5.74) is 0. The Morgan fingerprint density at radius 2 is 1.63 bits per heavy atom. The van der Waals surface area contributed by atoms with E-state index in [9.17, 15) is 9.36 Å². The Morgan fingerprint density at radius 1 is 1.21 bits per heavy atom. The molecule has 0 fully saturated rings. The molecule has 0 heterocycles. The Morgan fingerprint density at radius 3 is 1.95 bits per heavy atom. The minimum Gasteiger partial charge on any atom is -0.388 e. The first-order chi connectivity index (χ1) is 8.60. The molecule has 0 unspecified atom stereocenters. The molecule has 0 spiro atoms. The third-order valence-corrected chi connectivity index (χ3v) is 2.13. The lowest BCUT2D eigenvalue weighted by Gasteiger charge is -2.23. The standard InChI is InChI=1S/C6H13O9P.CH5NO/c7-1-3(8)5(10)6(11)4(9)2-15-16(12,13)14;1-3-2/h1,3-6,8-11H,2H2,(H2,12,13,14);2H2,1H3/t3-,4-,5-,6-;/m1./s1. The van der Waals surface area contributed by atoms with Gasteiger partial charge in [0.15, 0.2) is 6.29 Å². The maximum absolute atomic E-state index is 10.2. The monoisotopic (exact) mass is 307 g/mol. The van der Waals surface area contributed by atoms with Gasteiger partial charge >= 0.3 is 7.82 Å². The fourth-order valence-corrected chi connectivity index (χ4v) is 1.13. The van der Waals surface area contributed by atoms with Crippen molar-refractivity contribution in [1.29, 1.82) is 0 Å². The summed E-state index contributed by atoms with van der Waals surface area (Å²) >= 11 is 0. The predicted molar refractivity (Wildman–Crippen MR) is 59.3 cm³/mol. The van der Waals surface area contributed by atoms with Crippen LogP contribution in [-0.2, 0) is 18.7 Å². The Balaban J connectivity index is 0. The van der Waals surface area contributed by atoms with E-state index in [1.165, 1.54) is 7.11 Å². The van der Waals surface area contributed by atoms with E-state index in [-0.39, 0.29) is 6.29 Å². The molecular weight excluding hydrogens is 289 g/mol. The number of carbonyl (C=O) groups excluding carboxylic acids is 1. The summed E-state index contributed by atoms with van der Waals surface area (Å²) in [5, 5.41) is 36.1. The Hall–Kier alpha value is -0.460. The van der Waals surface area contributed by atoms with Gasteiger partial charge in [-0.2, -0.15) is 0 Å². The van der Waals surface area contributed by atoms with Crippen LogP contribution in [0.4, 0.5) is 0 Å². The smallest absolute Gasteiger partial charge is 0.388 e. The molecule has 4 atom stereocenters. The van der Waals surface area contributed by atoms with Crippen LogP contribution in [0.25, 0.3) is 0 Å². The van der Waals surface area contributed by atoms with Crippen LogP contribution < -0.4 is 5.90 Å². The number of phosphoric acid groups is 1. The minimum atomic E-state index is -4.80. The first-order valence-corrected chi connectivity index (χ1v) is 6.24. The first-order valence-electron chi connectivity index (χ1n) is 4.71. The molecule has 19 heavy (non-hydrogen) atoms. The second kappa shape index (κ2) is 10.3. The number of carbonyl (C=O) groups is 1. The number of hydrogen-bond donors (Lipinski definition) is 7. The van der Waals surface area contributed by atoms with Gasteiger partial charge in [0.05, 0.1) is 13.7 Å². The summed E-state index contributed by atoms with van der Waals surface area (Å²) in [6.07, 6.45) is -7.80. The van der Waals surface area contributed by atoms with E-state index < -0.39 is 38.8 Å². The van der Waals surface area contributed by atoms with Crippen molar-refractivity contribution in [2.45, 2.75) is 24.4 Å². The molecule has 0 radical (unpaired) electrons. The van der Waals surface area contributed by atoms with E-state index in [4.69, 9.17) is 30.2 Å². The number of rotatable bonds is 7. The van der Waals surface area contributed by atoms with E-state index in [0.29, 0.717) is 0 Å². The van der Waals surface area contributed by atoms with Gasteiger partial charge in [0.1, 0.15) is 24.4 Å². The molecule has 8 N–H and O–H groups in total. The molecule has 0 aromatic rings. The lowest BCUT2D eigenvalue weighted by molar-refractivity contribution is -0.136. The molecule has 0 saturated heterocycles. The zero-order chi connectivity index (χ0) is 15.6. The fraction of sp³-hybridized carbons (Fsp3) is 0.857. The highest BCUT2D eigenvalue weighted by Crippen LogP contribution is 2.35. The maximum atomic E-state index is 10.2. The van der Waals surface area contributed by atoms with E-state index >= 15 is 0 Å². The highest BCUT2D eigenvalue weighted by molar-refractivity contribution is 7.46. The van der Waals surface area contributed by atoms with Gasteiger partial charge in [0.25, 0.3) is 0 Å². The van der Waals surface area contributed by atoms with Crippen LogP contribution in [0, 0.1) is 0 Å². The number of phosphoric ester groups is 1. The number of aliphatic hydroxyl groups is 4. The largest absolute Gasteiger partial charge is 0.469 e. The van der Waals surface area contributed by atoms with Crippen molar-refractivity contribution in [3.05, 3.63) is 0 Å². The van der Waals surface area contributed by atoms with E-state index in [0.717, 1.165) is 0 Å². The fourth-order valence-electron chi connectivity index (χ4n) is 0.782. The molecule has 0 aliphatic rings. The molecule has 116 valence electrons. The predicted octanol–water partition coefficient (Wildman–Crippen LogP) is -3.76. The molecule has 0 aliphatic carbocycles. The van der Waals surface area contributed by atoms with E-state index in [2.05, 4.69) is 15.3 Å². The first kappa shape index (κ1) is 20.8. The van der Waals surface area contributed by atoms with Gasteiger partial charge in [-0.3, -0.25) is 4.52 Å². The second-order valence-corrected chi connectivity index (χ2v) is 4.44. The molecule has 12 heteroatoms. The summed E-state index contributed by atoms with van der Waals surface area (Å²) < 4.78 is 14.1. The molecular formula is C7H18NO10P. The molecule has 11 nitrogen and oxygen atoms in total. The molecule has 0 aromatic carbocycles. The van der Waals surface area contributed by atoms with Crippen LogP contribution in [0.1, 0.15) is 0 Å². The summed E-state index contributed by atoms with van der Waals surface area (Å²) in [4.78, 5) is 30.3. The van der Waals surface area contributed by atoms with Crippen molar-refractivity contribution in [1.82, 2.24) is 0 Å². The van der Waals surface area contributed by atoms with Gasteiger partial charge in [0, 0.05) is 0 Å².